The molecule has 1 N–H and O–H groups in total. The Labute approximate surface area is 88.5 Å². The molecule has 2 rings (SSSR count). The maximum atomic E-state index is 11.2. The lowest BCUT2D eigenvalue weighted by molar-refractivity contribution is 0.0594. The number of carbonyl (C=O) groups excluding carboxylic acids is 1. The number of carbonyl (C=O) groups is 2. The van der Waals surface area contributed by atoms with Gasteiger partial charge in [0, 0.05) is 6.07 Å². The normalized spacial score (nSPS) is 10.3. The maximum absolute atomic E-state index is 11.2. The van der Waals surface area contributed by atoms with Gasteiger partial charge in [-0.25, -0.2) is 14.6 Å². The Morgan fingerprint density at radius 3 is 2.88 bits per heavy atom. The number of nitrogens with zero attached hydrogens (tertiary/aromatic N) is 4. The number of ether oxygens (including phenoxy) is 1. The lowest BCUT2D eigenvalue weighted by Gasteiger charge is -2.01. The van der Waals surface area contributed by atoms with Crippen LogP contribution in [0.2, 0.25) is 0 Å². The number of carboxylic acid groups (broad SMARTS) is 1. The van der Waals surface area contributed by atoms with E-state index in [1.165, 1.54) is 7.11 Å². The Hall–Kier alpha value is -2.51. The minimum absolute atomic E-state index is 0.0281. The lowest BCUT2D eigenvalue weighted by atomic mass is 10.3. The van der Waals surface area contributed by atoms with Gasteiger partial charge in [0.05, 0.1) is 7.11 Å². The Balaban J connectivity index is 2.71. The fourth-order valence-corrected chi connectivity index (χ4v) is 1.17. The number of fused-ring (bicyclic) bond motifs is 1. The van der Waals surface area contributed by atoms with Gasteiger partial charge in [-0.2, -0.15) is 14.6 Å². The Morgan fingerprint density at radius 2 is 2.25 bits per heavy atom. The molecule has 0 aliphatic carbocycles. The molecule has 0 unspecified atom stereocenters. The lowest BCUT2D eigenvalue weighted by Crippen LogP contribution is -2.13. The van der Waals surface area contributed by atoms with Crippen LogP contribution in [0.4, 0.5) is 0 Å². The van der Waals surface area contributed by atoms with Crippen LogP contribution in [0.1, 0.15) is 21.0 Å². The van der Waals surface area contributed by atoms with Crippen LogP contribution in [0.25, 0.3) is 5.78 Å². The van der Waals surface area contributed by atoms with E-state index in [-0.39, 0.29) is 17.2 Å². The number of esters is 1. The smallest absolute Gasteiger partial charge is 0.356 e. The Morgan fingerprint density at radius 1 is 1.50 bits per heavy atom. The van der Waals surface area contributed by atoms with E-state index in [1.54, 1.807) is 0 Å². The van der Waals surface area contributed by atoms with Crippen LogP contribution in [0.5, 0.6) is 0 Å². The van der Waals surface area contributed by atoms with Crippen molar-refractivity contribution in [2.45, 2.75) is 0 Å². The van der Waals surface area contributed by atoms with Crippen LogP contribution < -0.4 is 0 Å². The van der Waals surface area contributed by atoms with Crippen molar-refractivity contribution in [1.82, 2.24) is 19.6 Å². The molecule has 0 bridgehead atoms. The number of hydrogen-bond acceptors (Lipinski definition) is 6. The van der Waals surface area contributed by atoms with E-state index in [1.807, 2.05) is 0 Å². The molecule has 8 heteroatoms. The predicted molar refractivity (Wildman–Crippen MR) is 49.1 cm³/mol. The molecule has 0 radical (unpaired) electrons. The van der Waals surface area contributed by atoms with Crippen molar-refractivity contribution in [3.63, 3.8) is 0 Å². The van der Waals surface area contributed by atoms with Gasteiger partial charge >= 0.3 is 11.9 Å². The summed E-state index contributed by atoms with van der Waals surface area (Å²) in [6.45, 7) is 0. The van der Waals surface area contributed by atoms with Crippen LogP contribution in [-0.2, 0) is 4.74 Å². The summed E-state index contributed by atoms with van der Waals surface area (Å²) in [7, 11) is 1.18. The van der Waals surface area contributed by atoms with E-state index in [2.05, 4.69) is 19.8 Å². The predicted octanol–water partition coefficient (Wildman–Crippen LogP) is -0.391. The van der Waals surface area contributed by atoms with E-state index in [0.29, 0.717) is 0 Å². The fraction of sp³-hybridized carbons (Fsp3) is 0.125. The van der Waals surface area contributed by atoms with Gasteiger partial charge in [-0.15, -0.1) is 0 Å². The fourth-order valence-electron chi connectivity index (χ4n) is 1.17. The number of methoxy groups -OCH3 is 1. The van der Waals surface area contributed by atoms with Crippen molar-refractivity contribution in [3.05, 3.63) is 23.8 Å². The summed E-state index contributed by atoms with van der Waals surface area (Å²) in [6.07, 6.45) is 1.15. The Kier molecular flexibility index (Phi) is 2.24. The molecular formula is C8H6N4O4. The van der Waals surface area contributed by atoms with E-state index in [9.17, 15) is 9.59 Å². The summed E-state index contributed by atoms with van der Waals surface area (Å²) in [4.78, 5) is 29.6. The van der Waals surface area contributed by atoms with E-state index < -0.39 is 11.9 Å². The molecule has 82 valence electrons. The van der Waals surface area contributed by atoms with Crippen molar-refractivity contribution < 1.29 is 19.4 Å². The molecule has 2 heterocycles. The minimum Gasteiger partial charge on any atom is -0.477 e. The summed E-state index contributed by atoms with van der Waals surface area (Å²) in [6, 6.07) is 1.08. The van der Waals surface area contributed by atoms with Crippen molar-refractivity contribution >= 4 is 17.7 Å². The van der Waals surface area contributed by atoms with Gasteiger partial charge < -0.3 is 9.84 Å². The SMILES string of the molecule is COC(=O)c1cc(C(=O)O)n2ncnc2n1. The first-order chi connectivity index (χ1) is 7.63. The third kappa shape index (κ3) is 1.45. The first-order valence-corrected chi connectivity index (χ1v) is 4.16. The van der Waals surface area contributed by atoms with Gasteiger partial charge in [0.25, 0.3) is 5.78 Å². The second kappa shape index (κ2) is 3.57. The zero-order valence-corrected chi connectivity index (χ0v) is 8.12. The molecule has 0 aromatic carbocycles. The first kappa shape index (κ1) is 10.0. The van der Waals surface area contributed by atoms with Gasteiger partial charge in [0.1, 0.15) is 6.33 Å². The molecule has 16 heavy (non-hydrogen) atoms. The molecule has 0 fully saturated rings. The molecule has 8 nitrogen and oxygen atoms in total. The monoisotopic (exact) mass is 222 g/mol. The summed E-state index contributed by atoms with van der Waals surface area (Å²) in [5.74, 6) is -1.93. The van der Waals surface area contributed by atoms with Gasteiger partial charge in [-0.3, -0.25) is 0 Å². The molecule has 0 saturated heterocycles. The zero-order valence-electron chi connectivity index (χ0n) is 8.12. The minimum atomic E-state index is -1.23. The molecule has 0 atom stereocenters. The molecule has 0 amide bonds. The van der Waals surface area contributed by atoms with E-state index in [0.717, 1.165) is 16.9 Å². The van der Waals surface area contributed by atoms with Crippen LogP contribution >= 0.6 is 0 Å². The average molecular weight is 222 g/mol. The van der Waals surface area contributed by atoms with Crippen molar-refractivity contribution in [1.29, 1.82) is 0 Å². The molecule has 2 aromatic rings. The molecule has 0 aliphatic rings. The summed E-state index contributed by atoms with van der Waals surface area (Å²) in [5, 5.41) is 12.6. The van der Waals surface area contributed by atoms with Gasteiger partial charge in [-0.05, 0) is 0 Å². The molecule has 0 saturated carbocycles. The van der Waals surface area contributed by atoms with Crippen molar-refractivity contribution in [2.75, 3.05) is 7.11 Å². The van der Waals surface area contributed by atoms with Crippen LogP contribution in [0, 0.1) is 0 Å². The van der Waals surface area contributed by atoms with Crippen LogP contribution in [0.15, 0.2) is 12.4 Å². The van der Waals surface area contributed by atoms with Crippen LogP contribution in [-0.4, -0.2) is 43.7 Å². The zero-order chi connectivity index (χ0) is 11.7. The number of aromatic carboxylic acids is 1. The summed E-state index contributed by atoms with van der Waals surface area (Å²) < 4.78 is 5.47. The molecular weight excluding hydrogens is 216 g/mol. The number of rotatable bonds is 2. The third-order valence-electron chi connectivity index (χ3n) is 1.87. The van der Waals surface area contributed by atoms with Gasteiger partial charge in [0.15, 0.2) is 11.4 Å². The highest BCUT2D eigenvalue weighted by Gasteiger charge is 2.17. The highest BCUT2D eigenvalue weighted by atomic mass is 16.5. The first-order valence-electron chi connectivity index (χ1n) is 4.16. The molecule has 0 aliphatic heterocycles. The number of hydrogen-bond donors (Lipinski definition) is 1. The third-order valence-corrected chi connectivity index (χ3v) is 1.87. The standard InChI is InChI=1S/C8H6N4O4/c1-16-7(15)4-2-5(6(13)14)12-8(11-4)9-3-10-12/h2-3H,1H3,(H,13,14). The van der Waals surface area contributed by atoms with Crippen LogP contribution in [0.3, 0.4) is 0 Å². The average Bonchev–Trinajstić information content (AvgIpc) is 2.74. The largest absolute Gasteiger partial charge is 0.477 e. The second-order valence-electron chi connectivity index (χ2n) is 2.80. The van der Waals surface area contributed by atoms with Gasteiger partial charge in [0.2, 0.25) is 0 Å². The quantitative estimate of drug-likeness (QED) is 0.689. The number of aromatic nitrogens is 4. The maximum Gasteiger partial charge on any atom is 0.356 e. The van der Waals surface area contributed by atoms with Crippen molar-refractivity contribution in [2.24, 2.45) is 0 Å². The van der Waals surface area contributed by atoms with E-state index in [4.69, 9.17) is 5.11 Å². The van der Waals surface area contributed by atoms with E-state index >= 15 is 0 Å². The second-order valence-corrected chi connectivity index (χ2v) is 2.80. The molecule has 0 spiro atoms. The summed E-state index contributed by atoms with van der Waals surface area (Å²) >= 11 is 0. The Bertz CT molecular complexity index is 576. The topological polar surface area (TPSA) is 107 Å². The highest BCUT2D eigenvalue weighted by molar-refractivity contribution is 5.92. The van der Waals surface area contributed by atoms with Gasteiger partial charge in [-0.1, -0.05) is 0 Å². The molecule has 2 aromatic heterocycles. The number of carboxylic acids is 1. The van der Waals surface area contributed by atoms with Crippen molar-refractivity contribution in [3.8, 4) is 0 Å². The highest BCUT2D eigenvalue weighted by Crippen LogP contribution is 2.06. The summed E-state index contributed by atoms with van der Waals surface area (Å²) in [5.41, 5.74) is -0.330.